The number of esters is 1. The lowest BCUT2D eigenvalue weighted by molar-refractivity contribution is -0.131. The van der Waals surface area contributed by atoms with Crippen molar-refractivity contribution in [1.29, 1.82) is 0 Å². The predicted molar refractivity (Wildman–Crippen MR) is 56.4 cm³/mol. The number of nitrogens with zero attached hydrogens (tertiary/aromatic N) is 1. The van der Waals surface area contributed by atoms with Crippen LogP contribution in [0.3, 0.4) is 0 Å². The van der Waals surface area contributed by atoms with Gasteiger partial charge in [0.1, 0.15) is 5.75 Å². The van der Waals surface area contributed by atoms with E-state index >= 15 is 0 Å². The Balaban J connectivity index is 2.51. The average Bonchev–Trinajstić information content (AvgIpc) is 2.47. The standard InChI is InChI=1S/C10H8BrNO2/c1-7(13)14-9-5-8-3-2-4-10(11)12(8)6-9/h2-6H,1H3. The van der Waals surface area contributed by atoms with Crippen molar-refractivity contribution in [2.75, 3.05) is 0 Å². The normalized spacial score (nSPS) is 10.4. The van der Waals surface area contributed by atoms with Gasteiger partial charge in [-0.1, -0.05) is 6.07 Å². The monoisotopic (exact) mass is 253 g/mol. The van der Waals surface area contributed by atoms with Crippen molar-refractivity contribution < 1.29 is 9.53 Å². The van der Waals surface area contributed by atoms with E-state index in [1.165, 1.54) is 6.92 Å². The zero-order valence-corrected chi connectivity index (χ0v) is 9.11. The predicted octanol–water partition coefficient (Wildman–Crippen LogP) is 2.63. The van der Waals surface area contributed by atoms with Gasteiger partial charge in [0.05, 0.1) is 10.8 Å². The zero-order chi connectivity index (χ0) is 10.1. The van der Waals surface area contributed by atoms with Crippen LogP contribution in [0.15, 0.2) is 35.1 Å². The first kappa shape index (κ1) is 9.27. The number of fused-ring (bicyclic) bond motifs is 1. The van der Waals surface area contributed by atoms with Gasteiger partial charge in [-0.05, 0) is 28.1 Å². The van der Waals surface area contributed by atoms with E-state index in [1.54, 1.807) is 6.20 Å². The molecular weight excluding hydrogens is 246 g/mol. The molecule has 0 fully saturated rings. The smallest absolute Gasteiger partial charge is 0.308 e. The van der Waals surface area contributed by atoms with Crippen LogP contribution in [0, 0.1) is 0 Å². The number of halogens is 1. The molecule has 14 heavy (non-hydrogen) atoms. The molecule has 0 saturated heterocycles. The summed E-state index contributed by atoms with van der Waals surface area (Å²) in [6, 6.07) is 7.60. The molecule has 0 saturated carbocycles. The minimum atomic E-state index is -0.308. The largest absolute Gasteiger partial charge is 0.425 e. The van der Waals surface area contributed by atoms with E-state index < -0.39 is 0 Å². The minimum Gasteiger partial charge on any atom is -0.425 e. The lowest BCUT2D eigenvalue weighted by Gasteiger charge is -1.95. The maximum absolute atomic E-state index is 10.7. The van der Waals surface area contributed by atoms with Gasteiger partial charge < -0.3 is 9.14 Å². The third kappa shape index (κ3) is 1.65. The SMILES string of the molecule is CC(=O)Oc1cc2cccc(Br)n2c1. The molecular formula is C10H8BrNO2. The Hall–Kier alpha value is -1.29. The molecule has 2 aromatic rings. The van der Waals surface area contributed by atoms with Crippen LogP contribution in [0.1, 0.15) is 6.92 Å². The van der Waals surface area contributed by atoms with Crippen LogP contribution in [-0.4, -0.2) is 10.4 Å². The van der Waals surface area contributed by atoms with Crippen LogP contribution in [-0.2, 0) is 4.79 Å². The second-order valence-corrected chi connectivity index (χ2v) is 3.73. The molecule has 0 amide bonds. The molecule has 0 aliphatic carbocycles. The summed E-state index contributed by atoms with van der Waals surface area (Å²) in [6.07, 6.45) is 1.76. The molecule has 0 aliphatic rings. The summed E-state index contributed by atoms with van der Waals surface area (Å²) in [5, 5.41) is 0. The molecule has 0 spiro atoms. The summed E-state index contributed by atoms with van der Waals surface area (Å²) in [6.45, 7) is 1.39. The van der Waals surface area contributed by atoms with Crippen LogP contribution < -0.4 is 4.74 Å². The maximum Gasteiger partial charge on any atom is 0.308 e. The van der Waals surface area contributed by atoms with E-state index in [0.29, 0.717) is 5.75 Å². The van der Waals surface area contributed by atoms with E-state index in [1.807, 2.05) is 28.7 Å². The highest BCUT2D eigenvalue weighted by Crippen LogP contribution is 2.21. The summed E-state index contributed by atoms with van der Waals surface area (Å²) >= 11 is 3.40. The van der Waals surface area contributed by atoms with Crippen molar-refractivity contribution in [2.24, 2.45) is 0 Å². The van der Waals surface area contributed by atoms with Crippen LogP contribution in [0.4, 0.5) is 0 Å². The van der Waals surface area contributed by atoms with Gasteiger partial charge in [0.25, 0.3) is 0 Å². The third-order valence-electron chi connectivity index (χ3n) is 1.82. The molecule has 0 aromatic carbocycles. The Morgan fingerprint density at radius 1 is 1.50 bits per heavy atom. The first-order valence-electron chi connectivity index (χ1n) is 4.12. The third-order valence-corrected chi connectivity index (χ3v) is 2.46. The minimum absolute atomic E-state index is 0.308. The molecule has 2 rings (SSSR count). The molecule has 0 unspecified atom stereocenters. The number of carbonyl (C=O) groups is 1. The Kier molecular flexibility index (Phi) is 2.29. The topological polar surface area (TPSA) is 30.7 Å². The van der Waals surface area contributed by atoms with Crippen LogP contribution in [0.2, 0.25) is 0 Å². The Bertz CT molecular complexity index is 490. The fourth-order valence-corrected chi connectivity index (χ4v) is 1.76. The molecule has 2 heterocycles. The second-order valence-electron chi connectivity index (χ2n) is 2.91. The maximum atomic E-state index is 10.7. The van der Waals surface area contributed by atoms with Gasteiger partial charge in [0.2, 0.25) is 0 Å². The number of ether oxygens (including phenoxy) is 1. The van der Waals surface area contributed by atoms with Gasteiger partial charge >= 0.3 is 5.97 Å². The number of carbonyl (C=O) groups excluding carboxylic acids is 1. The number of hydrogen-bond donors (Lipinski definition) is 0. The van der Waals surface area contributed by atoms with Gasteiger partial charge in [-0.3, -0.25) is 4.79 Å². The average molecular weight is 254 g/mol. The quantitative estimate of drug-likeness (QED) is 0.578. The Morgan fingerprint density at radius 2 is 2.29 bits per heavy atom. The molecule has 0 atom stereocenters. The van der Waals surface area contributed by atoms with Crippen molar-refractivity contribution in [3.63, 3.8) is 0 Å². The number of pyridine rings is 1. The number of aromatic nitrogens is 1. The summed E-state index contributed by atoms with van der Waals surface area (Å²) in [5.41, 5.74) is 0.982. The van der Waals surface area contributed by atoms with Crippen LogP contribution in [0.25, 0.3) is 5.52 Å². The van der Waals surface area contributed by atoms with Crippen molar-refractivity contribution in [3.8, 4) is 5.75 Å². The van der Waals surface area contributed by atoms with E-state index in [2.05, 4.69) is 15.9 Å². The van der Waals surface area contributed by atoms with Crippen LogP contribution >= 0.6 is 15.9 Å². The van der Waals surface area contributed by atoms with E-state index in [-0.39, 0.29) is 5.97 Å². The highest BCUT2D eigenvalue weighted by molar-refractivity contribution is 9.10. The summed E-state index contributed by atoms with van der Waals surface area (Å²) < 4.78 is 7.80. The van der Waals surface area contributed by atoms with Crippen LogP contribution in [0.5, 0.6) is 5.75 Å². The van der Waals surface area contributed by atoms with Crippen molar-refractivity contribution >= 4 is 27.4 Å². The molecule has 2 aromatic heterocycles. The van der Waals surface area contributed by atoms with E-state index in [9.17, 15) is 4.79 Å². The molecule has 0 bridgehead atoms. The van der Waals surface area contributed by atoms with E-state index in [0.717, 1.165) is 10.1 Å². The van der Waals surface area contributed by atoms with Gasteiger partial charge in [-0.25, -0.2) is 0 Å². The fourth-order valence-electron chi connectivity index (χ4n) is 1.30. The lowest BCUT2D eigenvalue weighted by atomic mass is 10.4. The first-order chi connectivity index (χ1) is 6.66. The molecule has 3 nitrogen and oxygen atoms in total. The summed E-state index contributed by atoms with van der Waals surface area (Å²) in [4.78, 5) is 10.7. The Labute approximate surface area is 89.4 Å². The molecule has 72 valence electrons. The Morgan fingerprint density at radius 3 is 2.93 bits per heavy atom. The lowest BCUT2D eigenvalue weighted by Crippen LogP contribution is -1.99. The number of rotatable bonds is 1. The first-order valence-corrected chi connectivity index (χ1v) is 4.91. The number of hydrogen-bond acceptors (Lipinski definition) is 2. The van der Waals surface area contributed by atoms with Crippen molar-refractivity contribution in [1.82, 2.24) is 4.40 Å². The van der Waals surface area contributed by atoms with E-state index in [4.69, 9.17) is 4.74 Å². The fraction of sp³-hybridized carbons (Fsp3) is 0.100. The highest BCUT2D eigenvalue weighted by atomic mass is 79.9. The highest BCUT2D eigenvalue weighted by Gasteiger charge is 2.04. The van der Waals surface area contributed by atoms with Gasteiger partial charge in [-0.15, -0.1) is 0 Å². The molecule has 0 radical (unpaired) electrons. The summed E-state index contributed by atoms with van der Waals surface area (Å²) in [5.74, 6) is 0.251. The molecule has 4 heteroatoms. The second kappa shape index (κ2) is 3.46. The van der Waals surface area contributed by atoms with Gasteiger partial charge in [0, 0.05) is 18.5 Å². The molecule has 0 aliphatic heterocycles. The zero-order valence-electron chi connectivity index (χ0n) is 7.53. The molecule has 0 N–H and O–H groups in total. The summed E-state index contributed by atoms with van der Waals surface area (Å²) in [7, 11) is 0. The van der Waals surface area contributed by atoms with Crippen molar-refractivity contribution in [2.45, 2.75) is 6.92 Å². The van der Waals surface area contributed by atoms with Gasteiger partial charge in [-0.2, -0.15) is 0 Å². The van der Waals surface area contributed by atoms with Gasteiger partial charge in [0.15, 0.2) is 0 Å². The van der Waals surface area contributed by atoms with Crippen molar-refractivity contribution in [3.05, 3.63) is 35.1 Å².